The number of nitrogens with one attached hydrogen (secondary N) is 2. The Morgan fingerprint density at radius 1 is 1.40 bits per heavy atom. The third-order valence-electron chi connectivity index (χ3n) is 3.12. The highest BCUT2D eigenvalue weighted by atomic mass is 16.5. The first-order valence-electron chi connectivity index (χ1n) is 6.38. The molecule has 0 fully saturated rings. The number of aromatic nitrogens is 1. The van der Waals surface area contributed by atoms with E-state index in [-0.39, 0.29) is 17.8 Å². The van der Waals surface area contributed by atoms with Crippen molar-refractivity contribution >= 4 is 5.97 Å². The molecule has 0 spiro atoms. The van der Waals surface area contributed by atoms with Gasteiger partial charge in [-0.15, -0.1) is 0 Å². The van der Waals surface area contributed by atoms with Crippen LogP contribution in [0, 0.1) is 0 Å². The first kappa shape index (κ1) is 14.1. The van der Waals surface area contributed by atoms with Crippen LogP contribution in [0.25, 0.3) is 0 Å². The van der Waals surface area contributed by atoms with E-state index in [4.69, 9.17) is 0 Å². The number of phenolic OH excluding ortho intramolecular Hbond substituents is 1. The molecular weight excluding hydrogens is 256 g/mol. The Kier molecular flexibility index (Phi) is 4.42. The van der Waals surface area contributed by atoms with Gasteiger partial charge in [0, 0.05) is 18.3 Å². The van der Waals surface area contributed by atoms with Crippen molar-refractivity contribution in [3.8, 4) is 5.75 Å². The average molecular weight is 274 g/mol. The van der Waals surface area contributed by atoms with E-state index in [0.717, 1.165) is 11.3 Å². The van der Waals surface area contributed by atoms with E-state index in [2.05, 4.69) is 15.0 Å². The second-order valence-corrected chi connectivity index (χ2v) is 4.59. The van der Waals surface area contributed by atoms with Gasteiger partial charge in [0.15, 0.2) is 0 Å². The van der Waals surface area contributed by atoms with Crippen LogP contribution in [0.3, 0.4) is 0 Å². The lowest BCUT2D eigenvalue weighted by Gasteiger charge is -2.13. The number of phenols is 1. The van der Waals surface area contributed by atoms with Crippen LogP contribution in [0.4, 0.5) is 0 Å². The maximum atomic E-state index is 11.3. The Bertz CT molecular complexity index is 592. The zero-order chi connectivity index (χ0) is 14.5. The van der Waals surface area contributed by atoms with Crippen molar-refractivity contribution in [1.29, 1.82) is 0 Å². The van der Waals surface area contributed by atoms with Gasteiger partial charge < -0.3 is 20.1 Å². The predicted octanol–water partition coefficient (Wildman–Crippen LogP) is 2.36. The number of hydrogen-bond donors (Lipinski definition) is 3. The van der Waals surface area contributed by atoms with Crippen LogP contribution < -0.4 is 5.32 Å². The summed E-state index contributed by atoms with van der Waals surface area (Å²) >= 11 is 0. The molecule has 20 heavy (non-hydrogen) atoms. The topological polar surface area (TPSA) is 74.3 Å². The van der Waals surface area contributed by atoms with E-state index < -0.39 is 0 Å². The van der Waals surface area contributed by atoms with Gasteiger partial charge in [0.1, 0.15) is 11.4 Å². The van der Waals surface area contributed by atoms with Crippen LogP contribution in [0.2, 0.25) is 0 Å². The summed E-state index contributed by atoms with van der Waals surface area (Å²) in [5.41, 5.74) is 2.34. The van der Waals surface area contributed by atoms with E-state index in [1.165, 1.54) is 7.11 Å². The average Bonchev–Trinajstić information content (AvgIpc) is 2.92. The number of H-pyrrole nitrogens is 1. The number of methoxy groups -OCH3 is 1. The van der Waals surface area contributed by atoms with Crippen molar-refractivity contribution in [3.63, 3.8) is 0 Å². The predicted molar refractivity (Wildman–Crippen MR) is 75.5 cm³/mol. The first-order valence-corrected chi connectivity index (χ1v) is 6.38. The molecule has 0 aliphatic carbocycles. The Hall–Kier alpha value is -2.27. The van der Waals surface area contributed by atoms with Gasteiger partial charge in [-0.1, -0.05) is 12.1 Å². The molecule has 1 unspecified atom stereocenters. The van der Waals surface area contributed by atoms with Gasteiger partial charge in [0.05, 0.1) is 7.11 Å². The normalized spacial score (nSPS) is 12.1. The summed E-state index contributed by atoms with van der Waals surface area (Å²) in [7, 11) is 1.35. The second-order valence-electron chi connectivity index (χ2n) is 4.59. The van der Waals surface area contributed by atoms with Crippen molar-refractivity contribution in [2.45, 2.75) is 19.5 Å². The third-order valence-corrected chi connectivity index (χ3v) is 3.12. The third kappa shape index (κ3) is 3.39. The van der Waals surface area contributed by atoms with Crippen LogP contribution in [0.15, 0.2) is 36.4 Å². The summed E-state index contributed by atoms with van der Waals surface area (Å²) in [6, 6.07) is 10.8. The fourth-order valence-electron chi connectivity index (χ4n) is 1.95. The number of ether oxygens (including phenoxy) is 1. The molecule has 2 aromatic rings. The minimum Gasteiger partial charge on any atom is -0.508 e. The van der Waals surface area contributed by atoms with E-state index in [9.17, 15) is 9.90 Å². The number of aromatic amines is 1. The molecule has 106 valence electrons. The standard InChI is InChI=1S/C15H18N2O3/c1-10(11-4-3-5-13(18)8-11)16-9-12-6-7-14(17-12)15(19)20-2/h3-8,10,16-18H,9H2,1-2H3. The van der Waals surface area contributed by atoms with Crippen molar-refractivity contribution in [3.05, 3.63) is 53.3 Å². The van der Waals surface area contributed by atoms with Crippen molar-refractivity contribution in [2.75, 3.05) is 7.11 Å². The van der Waals surface area contributed by atoms with Gasteiger partial charge >= 0.3 is 5.97 Å². The molecule has 1 aromatic carbocycles. The molecule has 1 aromatic heterocycles. The van der Waals surface area contributed by atoms with Gasteiger partial charge in [-0.3, -0.25) is 0 Å². The number of benzene rings is 1. The Morgan fingerprint density at radius 2 is 2.20 bits per heavy atom. The van der Waals surface area contributed by atoms with Gasteiger partial charge in [-0.25, -0.2) is 4.79 Å². The van der Waals surface area contributed by atoms with Crippen molar-refractivity contribution in [1.82, 2.24) is 10.3 Å². The fraction of sp³-hybridized carbons (Fsp3) is 0.267. The smallest absolute Gasteiger partial charge is 0.354 e. The summed E-state index contributed by atoms with van der Waals surface area (Å²) < 4.78 is 4.64. The highest BCUT2D eigenvalue weighted by Crippen LogP contribution is 2.18. The lowest BCUT2D eigenvalue weighted by atomic mass is 10.1. The molecule has 0 amide bonds. The SMILES string of the molecule is COC(=O)c1ccc(CNC(C)c2cccc(O)c2)[nH]1. The number of rotatable bonds is 5. The summed E-state index contributed by atoms with van der Waals surface area (Å²) in [6.07, 6.45) is 0. The summed E-state index contributed by atoms with van der Waals surface area (Å²) in [4.78, 5) is 14.3. The maximum Gasteiger partial charge on any atom is 0.354 e. The highest BCUT2D eigenvalue weighted by Gasteiger charge is 2.09. The number of carbonyl (C=O) groups excluding carboxylic acids is 1. The van der Waals surface area contributed by atoms with Gasteiger partial charge in [-0.2, -0.15) is 0 Å². The Labute approximate surface area is 117 Å². The molecule has 0 bridgehead atoms. The molecule has 0 aliphatic heterocycles. The molecule has 5 heteroatoms. The fourth-order valence-corrected chi connectivity index (χ4v) is 1.95. The molecule has 2 rings (SSSR count). The number of aromatic hydroxyl groups is 1. The molecule has 3 N–H and O–H groups in total. The van der Waals surface area contributed by atoms with E-state index in [1.54, 1.807) is 18.2 Å². The second kappa shape index (κ2) is 6.25. The van der Waals surface area contributed by atoms with E-state index in [1.807, 2.05) is 25.1 Å². The van der Waals surface area contributed by atoms with Crippen LogP contribution in [0.5, 0.6) is 5.75 Å². The quantitative estimate of drug-likeness (QED) is 0.732. The molecule has 1 atom stereocenters. The molecule has 1 heterocycles. The maximum absolute atomic E-state index is 11.3. The van der Waals surface area contributed by atoms with Crippen LogP contribution in [0.1, 0.15) is 34.7 Å². The Morgan fingerprint density at radius 3 is 2.90 bits per heavy atom. The molecule has 0 saturated heterocycles. The monoisotopic (exact) mass is 274 g/mol. The van der Waals surface area contributed by atoms with Crippen molar-refractivity contribution in [2.24, 2.45) is 0 Å². The first-order chi connectivity index (χ1) is 9.60. The zero-order valence-electron chi connectivity index (χ0n) is 11.5. The molecule has 0 aliphatic rings. The minimum absolute atomic E-state index is 0.0898. The molecular formula is C15H18N2O3. The summed E-state index contributed by atoms with van der Waals surface area (Å²) in [5.74, 6) is -0.124. The lowest BCUT2D eigenvalue weighted by Crippen LogP contribution is -2.18. The van der Waals surface area contributed by atoms with Crippen molar-refractivity contribution < 1.29 is 14.6 Å². The van der Waals surface area contributed by atoms with Crippen LogP contribution in [-0.4, -0.2) is 23.2 Å². The lowest BCUT2D eigenvalue weighted by molar-refractivity contribution is 0.0594. The van der Waals surface area contributed by atoms with E-state index in [0.29, 0.717) is 12.2 Å². The van der Waals surface area contributed by atoms with Crippen LogP contribution >= 0.6 is 0 Å². The largest absolute Gasteiger partial charge is 0.508 e. The minimum atomic E-state index is -0.378. The van der Waals surface area contributed by atoms with Gasteiger partial charge in [0.25, 0.3) is 0 Å². The Balaban J connectivity index is 1.95. The number of hydrogen-bond acceptors (Lipinski definition) is 4. The molecule has 5 nitrogen and oxygen atoms in total. The molecule has 0 radical (unpaired) electrons. The summed E-state index contributed by atoms with van der Waals surface area (Å²) in [5, 5.41) is 12.8. The zero-order valence-corrected chi connectivity index (χ0v) is 11.5. The highest BCUT2D eigenvalue weighted by molar-refractivity contribution is 5.87. The molecule has 0 saturated carbocycles. The summed E-state index contributed by atoms with van der Waals surface area (Å²) in [6.45, 7) is 2.60. The van der Waals surface area contributed by atoms with Gasteiger partial charge in [-0.05, 0) is 36.8 Å². The van der Waals surface area contributed by atoms with Crippen LogP contribution in [-0.2, 0) is 11.3 Å². The van der Waals surface area contributed by atoms with Gasteiger partial charge in [0.2, 0.25) is 0 Å². The number of esters is 1. The number of carbonyl (C=O) groups is 1. The van der Waals surface area contributed by atoms with E-state index >= 15 is 0 Å².